The van der Waals surface area contributed by atoms with Crippen molar-refractivity contribution < 1.29 is 4.74 Å². The van der Waals surface area contributed by atoms with Gasteiger partial charge in [0, 0.05) is 0 Å². The van der Waals surface area contributed by atoms with E-state index in [1.54, 1.807) is 19.2 Å². The molecule has 0 saturated heterocycles. The van der Waals surface area contributed by atoms with Crippen molar-refractivity contribution in [3.63, 3.8) is 0 Å². The first-order chi connectivity index (χ1) is 9.10. The Balaban J connectivity index is 2.22. The van der Waals surface area contributed by atoms with Gasteiger partial charge in [-0.25, -0.2) is 0 Å². The normalized spacial score (nSPS) is 10.9. The van der Waals surface area contributed by atoms with Crippen LogP contribution in [0.3, 0.4) is 0 Å². The molecule has 0 aliphatic carbocycles. The molecule has 0 N–H and O–H groups in total. The zero-order valence-electron chi connectivity index (χ0n) is 10.2. The maximum absolute atomic E-state index is 5.97. The van der Waals surface area contributed by atoms with Gasteiger partial charge < -0.3 is 4.74 Å². The molecule has 2 rings (SSSR count). The molecule has 19 heavy (non-hydrogen) atoms. The summed E-state index contributed by atoms with van der Waals surface area (Å²) in [5.74, 6) is 0.828. The number of halogens is 3. The molecular weight excluding hydrogens is 303 g/mol. The van der Waals surface area contributed by atoms with Crippen molar-refractivity contribution >= 4 is 47.0 Å². The highest BCUT2D eigenvalue weighted by molar-refractivity contribution is 6.48. The Morgan fingerprint density at radius 3 is 1.89 bits per heavy atom. The molecule has 0 heterocycles. The Kier molecular flexibility index (Phi) is 4.76. The predicted octanol–water partition coefficient (Wildman–Crippen LogP) is 5.83. The van der Waals surface area contributed by atoms with E-state index >= 15 is 0 Å². The standard InChI is InChI=1S/C15H11Cl3O/c1-19-12-6-4-10(5-7-12)2-3-11-8-13(16)15(18)14(17)9-11/h2-9H,1H3. The molecular formula is C15H11Cl3O. The molecule has 1 nitrogen and oxygen atoms in total. The van der Waals surface area contributed by atoms with E-state index < -0.39 is 0 Å². The SMILES string of the molecule is COc1ccc(C=Cc2cc(Cl)c(Cl)c(Cl)c2)cc1. The molecule has 0 unspecified atom stereocenters. The number of hydrogen-bond donors (Lipinski definition) is 0. The minimum Gasteiger partial charge on any atom is -0.497 e. The van der Waals surface area contributed by atoms with Gasteiger partial charge in [-0.2, -0.15) is 0 Å². The number of rotatable bonds is 3. The van der Waals surface area contributed by atoms with Gasteiger partial charge in [-0.1, -0.05) is 59.1 Å². The fourth-order valence-corrected chi connectivity index (χ4v) is 2.19. The average molecular weight is 314 g/mol. The van der Waals surface area contributed by atoms with Gasteiger partial charge in [0.25, 0.3) is 0 Å². The van der Waals surface area contributed by atoms with E-state index in [9.17, 15) is 0 Å². The Labute approximate surface area is 127 Å². The van der Waals surface area contributed by atoms with Crippen LogP contribution in [0.4, 0.5) is 0 Å². The maximum Gasteiger partial charge on any atom is 0.118 e. The van der Waals surface area contributed by atoms with E-state index in [2.05, 4.69) is 0 Å². The van der Waals surface area contributed by atoms with Crippen LogP contribution in [0.15, 0.2) is 36.4 Å². The smallest absolute Gasteiger partial charge is 0.118 e. The van der Waals surface area contributed by atoms with Gasteiger partial charge in [-0.05, 0) is 35.4 Å². The first-order valence-electron chi connectivity index (χ1n) is 5.57. The number of ether oxygens (including phenoxy) is 1. The summed E-state index contributed by atoms with van der Waals surface area (Å²) in [5, 5.41) is 1.28. The quantitative estimate of drug-likeness (QED) is 0.512. The van der Waals surface area contributed by atoms with Crippen LogP contribution in [0.1, 0.15) is 11.1 Å². The number of benzene rings is 2. The molecule has 4 heteroatoms. The third-order valence-electron chi connectivity index (χ3n) is 2.59. The molecule has 0 aliphatic rings. The van der Waals surface area contributed by atoms with Gasteiger partial charge in [0.2, 0.25) is 0 Å². The lowest BCUT2D eigenvalue weighted by Crippen LogP contribution is -1.81. The third-order valence-corrected chi connectivity index (χ3v) is 3.79. The van der Waals surface area contributed by atoms with Crippen molar-refractivity contribution in [3.8, 4) is 5.75 Å². The van der Waals surface area contributed by atoms with E-state index in [0.29, 0.717) is 15.1 Å². The van der Waals surface area contributed by atoms with Gasteiger partial charge in [-0.15, -0.1) is 0 Å². The molecule has 0 radical (unpaired) electrons. The van der Waals surface area contributed by atoms with Crippen LogP contribution < -0.4 is 4.74 Å². The summed E-state index contributed by atoms with van der Waals surface area (Å²) >= 11 is 17.8. The monoisotopic (exact) mass is 312 g/mol. The van der Waals surface area contributed by atoms with Gasteiger partial charge in [0.05, 0.1) is 22.2 Å². The molecule has 0 saturated carbocycles. The Bertz CT molecular complexity index is 580. The van der Waals surface area contributed by atoms with Crippen LogP contribution in [-0.2, 0) is 0 Å². The highest BCUT2D eigenvalue weighted by Gasteiger charge is 2.03. The Hall–Kier alpha value is -1.15. The van der Waals surface area contributed by atoms with Gasteiger partial charge >= 0.3 is 0 Å². The second kappa shape index (κ2) is 6.33. The van der Waals surface area contributed by atoms with Crippen LogP contribution in [0.2, 0.25) is 15.1 Å². The molecule has 0 aromatic heterocycles. The van der Waals surface area contributed by atoms with Gasteiger partial charge in [-0.3, -0.25) is 0 Å². The van der Waals surface area contributed by atoms with E-state index in [1.807, 2.05) is 36.4 Å². The highest BCUT2D eigenvalue weighted by atomic mass is 35.5. The topological polar surface area (TPSA) is 9.23 Å². The summed E-state index contributed by atoms with van der Waals surface area (Å²) in [6.45, 7) is 0. The van der Waals surface area contributed by atoms with E-state index in [1.165, 1.54) is 0 Å². The summed E-state index contributed by atoms with van der Waals surface area (Å²) in [4.78, 5) is 0. The van der Waals surface area contributed by atoms with Crippen molar-refractivity contribution in [2.75, 3.05) is 7.11 Å². The van der Waals surface area contributed by atoms with Crippen LogP contribution in [-0.4, -0.2) is 7.11 Å². The third kappa shape index (κ3) is 3.66. The van der Waals surface area contributed by atoms with Crippen molar-refractivity contribution in [1.29, 1.82) is 0 Å². The molecule has 0 bridgehead atoms. The molecule has 2 aromatic carbocycles. The lowest BCUT2D eigenvalue weighted by atomic mass is 10.1. The van der Waals surface area contributed by atoms with Crippen LogP contribution >= 0.6 is 34.8 Å². The fourth-order valence-electron chi connectivity index (χ4n) is 1.58. The minimum atomic E-state index is 0.380. The van der Waals surface area contributed by atoms with Crippen LogP contribution in [0, 0.1) is 0 Å². The maximum atomic E-state index is 5.97. The molecule has 98 valence electrons. The average Bonchev–Trinajstić information content (AvgIpc) is 2.43. The van der Waals surface area contributed by atoms with Crippen molar-refractivity contribution in [1.82, 2.24) is 0 Å². The van der Waals surface area contributed by atoms with E-state index in [0.717, 1.165) is 16.9 Å². The molecule has 0 amide bonds. The summed E-state index contributed by atoms with van der Waals surface area (Å²) in [6, 6.07) is 11.3. The van der Waals surface area contributed by atoms with E-state index in [4.69, 9.17) is 39.5 Å². The summed E-state index contributed by atoms with van der Waals surface area (Å²) in [7, 11) is 1.64. The number of hydrogen-bond acceptors (Lipinski definition) is 1. The molecule has 0 fully saturated rings. The Morgan fingerprint density at radius 2 is 1.37 bits per heavy atom. The lowest BCUT2D eigenvalue weighted by molar-refractivity contribution is 0.415. The first-order valence-corrected chi connectivity index (χ1v) is 6.70. The van der Waals surface area contributed by atoms with Gasteiger partial charge in [0.1, 0.15) is 5.75 Å². The second-order valence-electron chi connectivity index (χ2n) is 3.91. The molecule has 0 atom stereocenters. The second-order valence-corrected chi connectivity index (χ2v) is 5.10. The zero-order chi connectivity index (χ0) is 13.8. The first kappa shape index (κ1) is 14.3. The zero-order valence-corrected chi connectivity index (χ0v) is 12.4. The van der Waals surface area contributed by atoms with Crippen molar-refractivity contribution in [2.45, 2.75) is 0 Å². The number of methoxy groups -OCH3 is 1. The predicted molar refractivity (Wildman–Crippen MR) is 83.4 cm³/mol. The summed E-state index contributed by atoms with van der Waals surface area (Å²) in [6.07, 6.45) is 3.89. The highest BCUT2D eigenvalue weighted by Crippen LogP contribution is 2.31. The summed E-state index contributed by atoms with van der Waals surface area (Å²) in [5.41, 5.74) is 1.96. The fraction of sp³-hybridized carbons (Fsp3) is 0.0667. The Morgan fingerprint density at radius 1 is 0.842 bits per heavy atom. The minimum absolute atomic E-state index is 0.380. The van der Waals surface area contributed by atoms with Gasteiger partial charge in [0.15, 0.2) is 0 Å². The molecule has 0 aliphatic heterocycles. The molecule has 0 spiro atoms. The van der Waals surface area contributed by atoms with Crippen LogP contribution in [0.5, 0.6) is 5.75 Å². The van der Waals surface area contributed by atoms with Crippen molar-refractivity contribution in [2.24, 2.45) is 0 Å². The largest absolute Gasteiger partial charge is 0.497 e. The summed E-state index contributed by atoms with van der Waals surface area (Å²) < 4.78 is 5.10. The van der Waals surface area contributed by atoms with Crippen molar-refractivity contribution in [3.05, 3.63) is 62.6 Å². The molecule has 2 aromatic rings. The van der Waals surface area contributed by atoms with Crippen LogP contribution in [0.25, 0.3) is 12.2 Å². The lowest BCUT2D eigenvalue weighted by Gasteiger charge is -2.02. The van der Waals surface area contributed by atoms with E-state index in [-0.39, 0.29) is 0 Å².